The van der Waals surface area contributed by atoms with Crippen LogP contribution in [-0.2, 0) is 11.0 Å². The molecule has 0 aliphatic carbocycles. The largest absolute Gasteiger partial charge is 0.416 e. The number of carbonyl (C=O) groups excluding carboxylic acids is 1. The molecule has 3 aromatic rings. The van der Waals surface area contributed by atoms with Crippen molar-refractivity contribution in [1.82, 2.24) is 9.97 Å². The molecule has 0 saturated heterocycles. The molecular formula is C20H13F3N4O3. The number of anilines is 1. The predicted molar refractivity (Wildman–Crippen MR) is 103 cm³/mol. The van der Waals surface area contributed by atoms with Crippen molar-refractivity contribution >= 4 is 23.4 Å². The Labute approximate surface area is 168 Å². The molecule has 0 bridgehead atoms. The Balaban J connectivity index is 1.67. The normalized spacial score (nSPS) is 11.4. The number of hydrogen-bond acceptors (Lipinski definition) is 5. The number of carbonyl (C=O) groups is 1. The van der Waals surface area contributed by atoms with Crippen molar-refractivity contribution in [3.05, 3.63) is 88.2 Å². The fraction of sp³-hybridized carbons (Fsp3) is 0.0500. The predicted octanol–water partition coefficient (Wildman–Crippen LogP) is 4.72. The van der Waals surface area contributed by atoms with Gasteiger partial charge in [0, 0.05) is 47.4 Å². The van der Waals surface area contributed by atoms with Gasteiger partial charge < -0.3 is 5.32 Å². The highest BCUT2D eigenvalue weighted by Crippen LogP contribution is 2.30. The zero-order valence-electron chi connectivity index (χ0n) is 15.1. The van der Waals surface area contributed by atoms with E-state index >= 15 is 0 Å². The molecule has 1 aromatic heterocycles. The molecule has 0 atom stereocenters. The van der Waals surface area contributed by atoms with Crippen molar-refractivity contribution in [1.29, 1.82) is 0 Å². The lowest BCUT2D eigenvalue weighted by Gasteiger charge is -2.08. The number of halogens is 3. The van der Waals surface area contributed by atoms with Crippen molar-refractivity contribution in [2.24, 2.45) is 0 Å². The average Bonchev–Trinajstić information content (AvgIpc) is 2.72. The first-order valence-corrected chi connectivity index (χ1v) is 8.45. The van der Waals surface area contributed by atoms with Crippen LogP contribution in [0.4, 0.5) is 24.5 Å². The fourth-order valence-corrected chi connectivity index (χ4v) is 2.46. The van der Waals surface area contributed by atoms with Crippen LogP contribution in [0, 0.1) is 10.1 Å². The number of nitrogens with one attached hydrogen (secondary N) is 1. The van der Waals surface area contributed by atoms with Crippen LogP contribution in [0.5, 0.6) is 0 Å². The van der Waals surface area contributed by atoms with Gasteiger partial charge in [-0.15, -0.1) is 0 Å². The van der Waals surface area contributed by atoms with Crippen LogP contribution in [-0.4, -0.2) is 20.8 Å². The van der Waals surface area contributed by atoms with Gasteiger partial charge in [-0.2, -0.15) is 13.2 Å². The lowest BCUT2D eigenvalue weighted by Crippen LogP contribution is -2.10. The third kappa shape index (κ3) is 5.25. The van der Waals surface area contributed by atoms with Gasteiger partial charge in [0.25, 0.3) is 5.69 Å². The maximum absolute atomic E-state index is 12.7. The van der Waals surface area contributed by atoms with E-state index in [9.17, 15) is 28.1 Å². The Morgan fingerprint density at radius 1 is 1.07 bits per heavy atom. The zero-order valence-corrected chi connectivity index (χ0v) is 15.1. The van der Waals surface area contributed by atoms with Crippen molar-refractivity contribution in [2.45, 2.75) is 6.18 Å². The second kappa shape index (κ2) is 8.52. The number of rotatable bonds is 5. The molecule has 7 nitrogen and oxygen atoms in total. The van der Waals surface area contributed by atoms with Gasteiger partial charge in [-0.05, 0) is 24.3 Å². The van der Waals surface area contributed by atoms with Gasteiger partial charge in [0.05, 0.1) is 10.5 Å². The van der Waals surface area contributed by atoms with Crippen LogP contribution < -0.4 is 5.32 Å². The molecule has 0 saturated carbocycles. The van der Waals surface area contributed by atoms with Crippen LogP contribution in [0.1, 0.15) is 11.1 Å². The molecule has 3 rings (SSSR count). The SMILES string of the molecule is O=C(/C=C/c1cnc(-c2cccc([N+](=O)[O-])c2)nc1)Nc1cccc(C(F)(F)F)c1. The molecule has 2 aromatic carbocycles. The Morgan fingerprint density at radius 3 is 2.43 bits per heavy atom. The molecule has 0 unspecified atom stereocenters. The summed E-state index contributed by atoms with van der Waals surface area (Å²) in [5.41, 5.74) is -0.0251. The van der Waals surface area contributed by atoms with Crippen LogP contribution in [0.2, 0.25) is 0 Å². The summed E-state index contributed by atoms with van der Waals surface area (Å²) in [6, 6.07) is 10.1. The van der Waals surface area contributed by atoms with Gasteiger partial charge in [-0.3, -0.25) is 14.9 Å². The Kier molecular flexibility index (Phi) is 5.86. The van der Waals surface area contributed by atoms with E-state index < -0.39 is 22.6 Å². The lowest BCUT2D eigenvalue weighted by atomic mass is 10.2. The summed E-state index contributed by atoms with van der Waals surface area (Å²) >= 11 is 0. The van der Waals surface area contributed by atoms with E-state index in [1.54, 1.807) is 6.07 Å². The number of amides is 1. The van der Waals surface area contributed by atoms with Gasteiger partial charge in [0.15, 0.2) is 5.82 Å². The van der Waals surface area contributed by atoms with Gasteiger partial charge in [0.1, 0.15) is 0 Å². The third-order valence-corrected chi connectivity index (χ3v) is 3.87. The van der Waals surface area contributed by atoms with E-state index in [1.807, 2.05) is 0 Å². The van der Waals surface area contributed by atoms with Crippen LogP contribution >= 0.6 is 0 Å². The van der Waals surface area contributed by atoms with Gasteiger partial charge in [0.2, 0.25) is 5.91 Å². The minimum Gasteiger partial charge on any atom is -0.322 e. The van der Waals surface area contributed by atoms with E-state index in [0.29, 0.717) is 11.1 Å². The minimum atomic E-state index is -4.51. The Morgan fingerprint density at radius 2 is 1.77 bits per heavy atom. The summed E-state index contributed by atoms with van der Waals surface area (Å²) in [5, 5.41) is 13.2. The monoisotopic (exact) mass is 414 g/mol. The van der Waals surface area contributed by atoms with E-state index in [-0.39, 0.29) is 17.2 Å². The Bertz CT molecular complexity index is 1110. The van der Waals surface area contributed by atoms with Crippen LogP contribution in [0.3, 0.4) is 0 Å². The van der Waals surface area contributed by atoms with Crippen molar-refractivity contribution in [3.63, 3.8) is 0 Å². The number of nitro groups is 1. The molecule has 0 aliphatic rings. The minimum absolute atomic E-state index is 0.0109. The van der Waals surface area contributed by atoms with Gasteiger partial charge >= 0.3 is 6.18 Å². The zero-order chi connectivity index (χ0) is 21.7. The molecule has 152 valence electrons. The van der Waals surface area contributed by atoms with Gasteiger partial charge in [-0.25, -0.2) is 9.97 Å². The summed E-state index contributed by atoms with van der Waals surface area (Å²) in [4.78, 5) is 30.5. The lowest BCUT2D eigenvalue weighted by molar-refractivity contribution is -0.384. The molecule has 1 amide bonds. The topological polar surface area (TPSA) is 98.0 Å². The molecular weight excluding hydrogens is 401 g/mol. The molecule has 1 N–H and O–H groups in total. The van der Waals surface area contributed by atoms with E-state index in [0.717, 1.165) is 18.2 Å². The summed E-state index contributed by atoms with van der Waals surface area (Å²) in [5.74, 6) is -0.360. The molecule has 0 aliphatic heterocycles. The molecule has 1 heterocycles. The first kappa shape index (κ1) is 20.6. The maximum Gasteiger partial charge on any atom is 0.416 e. The third-order valence-electron chi connectivity index (χ3n) is 3.87. The standard InChI is InChI=1S/C20H13F3N4O3/c21-20(22,23)15-4-2-5-16(10-15)26-18(28)8-7-13-11-24-19(25-12-13)14-3-1-6-17(9-14)27(29)30/h1-12H,(H,26,28)/b8-7+. The highest BCUT2D eigenvalue weighted by atomic mass is 19.4. The molecule has 0 fully saturated rings. The summed E-state index contributed by atoms with van der Waals surface area (Å²) < 4.78 is 38.2. The van der Waals surface area contributed by atoms with Crippen LogP contribution in [0.15, 0.2) is 67.0 Å². The maximum atomic E-state index is 12.7. The number of aromatic nitrogens is 2. The van der Waals surface area contributed by atoms with Crippen LogP contribution in [0.25, 0.3) is 17.5 Å². The number of hydrogen-bond donors (Lipinski definition) is 1. The number of non-ortho nitro benzene ring substituents is 1. The second-order valence-electron chi connectivity index (χ2n) is 6.05. The Hall–Kier alpha value is -4.08. The number of alkyl halides is 3. The first-order chi connectivity index (χ1) is 14.2. The quantitative estimate of drug-likeness (QED) is 0.370. The number of benzene rings is 2. The molecule has 10 heteroatoms. The van der Waals surface area contributed by atoms with E-state index in [1.165, 1.54) is 48.8 Å². The highest BCUT2D eigenvalue weighted by molar-refractivity contribution is 6.01. The summed E-state index contributed by atoms with van der Waals surface area (Å²) in [6.45, 7) is 0. The number of nitrogens with zero attached hydrogens (tertiary/aromatic N) is 3. The summed E-state index contributed by atoms with van der Waals surface area (Å²) in [6.07, 6.45) is 0.839. The first-order valence-electron chi connectivity index (χ1n) is 8.45. The number of nitro benzene ring substituents is 1. The second-order valence-corrected chi connectivity index (χ2v) is 6.05. The fourth-order valence-electron chi connectivity index (χ4n) is 2.46. The summed E-state index contributed by atoms with van der Waals surface area (Å²) in [7, 11) is 0. The van der Waals surface area contributed by atoms with Crippen molar-refractivity contribution in [2.75, 3.05) is 5.32 Å². The van der Waals surface area contributed by atoms with E-state index in [2.05, 4.69) is 15.3 Å². The highest BCUT2D eigenvalue weighted by Gasteiger charge is 2.30. The van der Waals surface area contributed by atoms with Crippen molar-refractivity contribution < 1.29 is 22.9 Å². The molecule has 30 heavy (non-hydrogen) atoms. The average molecular weight is 414 g/mol. The van der Waals surface area contributed by atoms with E-state index in [4.69, 9.17) is 0 Å². The smallest absolute Gasteiger partial charge is 0.322 e. The van der Waals surface area contributed by atoms with Crippen molar-refractivity contribution in [3.8, 4) is 11.4 Å². The molecule has 0 spiro atoms. The molecule has 0 radical (unpaired) electrons. The van der Waals surface area contributed by atoms with Gasteiger partial charge in [-0.1, -0.05) is 18.2 Å².